The van der Waals surface area contributed by atoms with E-state index in [1.165, 1.54) is 0 Å². The van der Waals surface area contributed by atoms with Crippen molar-refractivity contribution < 1.29 is 9.90 Å². The highest BCUT2D eigenvalue weighted by Gasteiger charge is 2.53. The maximum absolute atomic E-state index is 11.1. The number of halogens is 2. The summed E-state index contributed by atoms with van der Waals surface area (Å²) in [6.45, 7) is 6.89. The molecule has 0 aliphatic heterocycles. The fraction of sp³-hybridized carbons (Fsp3) is 0.600. The monoisotopic (exact) mass is 389 g/mol. The molecule has 1 heterocycles. The van der Waals surface area contributed by atoms with E-state index in [2.05, 4.69) is 52.3 Å². The van der Waals surface area contributed by atoms with Crippen LogP contribution in [-0.4, -0.2) is 28.8 Å². The molecule has 1 unspecified atom stereocenters. The van der Waals surface area contributed by atoms with Crippen molar-refractivity contribution in [2.75, 3.05) is 11.9 Å². The first-order chi connectivity index (χ1) is 10.1. The molecule has 3 N–H and O–H groups in total. The zero-order valence-corrected chi connectivity index (χ0v) is 15.3. The third kappa shape index (κ3) is 4.04. The van der Waals surface area contributed by atoms with Crippen LogP contribution in [0.2, 0.25) is 5.15 Å². The van der Waals surface area contributed by atoms with E-state index < -0.39 is 6.09 Å². The third-order valence-corrected chi connectivity index (χ3v) is 5.21. The van der Waals surface area contributed by atoms with Crippen LogP contribution in [0.4, 0.5) is 10.5 Å². The molecular weight excluding hydrogens is 370 g/mol. The molecule has 0 radical (unpaired) electrons. The normalized spacial score (nSPS) is 17.7. The highest BCUT2D eigenvalue weighted by molar-refractivity contribution is 9.10. The van der Waals surface area contributed by atoms with E-state index in [1.807, 2.05) is 6.07 Å². The third-order valence-electron chi connectivity index (χ3n) is 4.08. The Kier molecular flexibility index (Phi) is 4.92. The number of hydrogen-bond donors (Lipinski definition) is 3. The summed E-state index contributed by atoms with van der Waals surface area (Å²) >= 11 is 9.24. The molecule has 1 saturated carbocycles. The minimum atomic E-state index is -0.970. The van der Waals surface area contributed by atoms with Crippen molar-refractivity contribution in [3.63, 3.8) is 0 Å². The average molecular weight is 391 g/mol. The molecule has 2 rings (SSSR count). The van der Waals surface area contributed by atoms with E-state index in [4.69, 9.17) is 16.7 Å². The molecule has 0 bridgehead atoms. The standard InChI is InChI=1S/C15H21BrClN3O2/c1-14(2,3)12(20-13(21)22)15(4-5-15)8-19-9-6-10(16)11(17)18-7-9/h6-7,12,19-20H,4-5,8H2,1-3H3,(H,21,22). The lowest BCUT2D eigenvalue weighted by Gasteiger charge is -2.37. The lowest BCUT2D eigenvalue weighted by Crippen LogP contribution is -2.51. The molecule has 1 aromatic rings. The van der Waals surface area contributed by atoms with Crippen molar-refractivity contribution in [1.29, 1.82) is 0 Å². The van der Waals surface area contributed by atoms with Gasteiger partial charge in [-0.25, -0.2) is 9.78 Å². The quantitative estimate of drug-likeness (QED) is 0.653. The van der Waals surface area contributed by atoms with E-state index in [9.17, 15) is 4.79 Å². The maximum atomic E-state index is 11.1. The molecule has 1 fully saturated rings. The molecule has 0 saturated heterocycles. The number of nitrogens with zero attached hydrogens (tertiary/aromatic N) is 1. The minimum Gasteiger partial charge on any atom is -0.465 e. The van der Waals surface area contributed by atoms with Gasteiger partial charge in [0.1, 0.15) is 5.15 Å². The van der Waals surface area contributed by atoms with Crippen LogP contribution in [0.25, 0.3) is 0 Å². The van der Waals surface area contributed by atoms with Crippen LogP contribution in [0.5, 0.6) is 0 Å². The van der Waals surface area contributed by atoms with Gasteiger partial charge in [-0.15, -0.1) is 0 Å². The van der Waals surface area contributed by atoms with E-state index in [0.29, 0.717) is 11.7 Å². The average Bonchev–Trinajstić information content (AvgIpc) is 3.17. The van der Waals surface area contributed by atoms with Crippen LogP contribution in [0.15, 0.2) is 16.7 Å². The number of amides is 1. The highest BCUT2D eigenvalue weighted by Crippen LogP contribution is 2.53. The van der Waals surface area contributed by atoms with Crippen molar-refractivity contribution in [2.24, 2.45) is 10.8 Å². The Hall–Kier alpha value is -1.01. The summed E-state index contributed by atoms with van der Waals surface area (Å²) in [5.41, 5.74) is 0.670. The van der Waals surface area contributed by atoms with Gasteiger partial charge in [0.2, 0.25) is 0 Å². The van der Waals surface area contributed by atoms with Crippen LogP contribution >= 0.6 is 27.5 Å². The Labute approximate surface area is 144 Å². The predicted octanol–water partition coefficient (Wildman–Crippen LogP) is 4.37. The summed E-state index contributed by atoms with van der Waals surface area (Å²) < 4.78 is 0.736. The fourth-order valence-corrected chi connectivity index (χ4v) is 3.39. The summed E-state index contributed by atoms with van der Waals surface area (Å²) in [4.78, 5) is 15.2. The maximum Gasteiger partial charge on any atom is 0.404 e. The Morgan fingerprint density at radius 2 is 2.18 bits per heavy atom. The smallest absolute Gasteiger partial charge is 0.404 e. The van der Waals surface area contributed by atoms with Crippen LogP contribution in [-0.2, 0) is 0 Å². The number of pyridine rings is 1. The molecule has 1 amide bonds. The van der Waals surface area contributed by atoms with E-state index >= 15 is 0 Å². The molecular formula is C15H21BrClN3O2. The first-order valence-corrected chi connectivity index (χ1v) is 8.35. The number of nitrogens with one attached hydrogen (secondary N) is 2. The molecule has 0 aromatic carbocycles. The summed E-state index contributed by atoms with van der Waals surface area (Å²) in [5, 5.41) is 15.6. The van der Waals surface area contributed by atoms with Gasteiger partial charge in [0.25, 0.3) is 0 Å². The molecule has 0 spiro atoms. The Bertz CT molecular complexity index is 570. The van der Waals surface area contributed by atoms with Gasteiger partial charge in [0.15, 0.2) is 0 Å². The van der Waals surface area contributed by atoms with Crippen molar-refractivity contribution in [3.8, 4) is 0 Å². The van der Waals surface area contributed by atoms with Crippen LogP contribution in [0.3, 0.4) is 0 Å². The second-order valence-electron chi connectivity index (χ2n) is 6.96. The lowest BCUT2D eigenvalue weighted by atomic mass is 9.76. The van der Waals surface area contributed by atoms with E-state index in [1.54, 1.807) is 6.20 Å². The molecule has 7 heteroatoms. The molecule has 1 aliphatic carbocycles. The first-order valence-electron chi connectivity index (χ1n) is 7.18. The number of rotatable bonds is 5. The molecule has 5 nitrogen and oxygen atoms in total. The second kappa shape index (κ2) is 6.24. The number of anilines is 1. The predicted molar refractivity (Wildman–Crippen MR) is 91.5 cm³/mol. The van der Waals surface area contributed by atoms with Gasteiger partial charge in [0, 0.05) is 18.0 Å². The molecule has 1 aliphatic rings. The molecule has 22 heavy (non-hydrogen) atoms. The van der Waals surface area contributed by atoms with Gasteiger partial charge in [0.05, 0.1) is 16.4 Å². The summed E-state index contributed by atoms with van der Waals surface area (Å²) in [6.07, 6.45) is 2.72. The zero-order chi connectivity index (χ0) is 16.5. The van der Waals surface area contributed by atoms with Gasteiger partial charge >= 0.3 is 6.09 Å². The minimum absolute atomic E-state index is 0.0528. The Balaban J connectivity index is 2.09. The second-order valence-corrected chi connectivity index (χ2v) is 8.17. The van der Waals surface area contributed by atoms with Crippen molar-refractivity contribution >= 4 is 39.3 Å². The van der Waals surface area contributed by atoms with Crippen molar-refractivity contribution in [1.82, 2.24) is 10.3 Å². The van der Waals surface area contributed by atoms with E-state index in [0.717, 1.165) is 23.0 Å². The molecule has 122 valence electrons. The zero-order valence-electron chi connectivity index (χ0n) is 12.9. The van der Waals surface area contributed by atoms with Gasteiger partial charge < -0.3 is 15.7 Å². The van der Waals surface area contributed by atoms with Crippen LogP contribution < -0.4 is 10.6 Å². The number of carboxylic acid groups (broad SMARTS) is 1. The van der Waals surface area contributed by atoms with Crippen LogP contribution in [0.1, 0.15) is 33.6 Å². The Morgan fingerprint density at radius 1 is 1.55 bits per heavy atom. The van der Waals surface area contributed by atoms with Gasteiger partial charge in [-0.05, 0) is 40.3 Å². The highest BCUT2D eigenvalue weighted by atomic mass is 79.9. The van der Waals surface area contributed by atoms with Crippen molar-refractivity contribution in [2.45, 2.75) is 39.7 Å². The SMILES string of the molecule is CC(C)(C)C(NC(=O)O)C1(CNc2cnc(Cl)c(Br)c2)CC1. The topological polar surface area (TPSA) is 74.2 Å². The fourth-order valence-electron chi connectivity index (χ4n) is 2.94. The summed E-state index contributed by atoms with van der Waals surface area (Å²) in [5.74, 6) is 0. The van der Waals surface area contributed by atoms with Crippen LogP contribution in [0, 0.1) is 10.8 Å². The van der Waals surface area contributed by atoms with Gasteiger partial charge in [-0.3, -0.25) is 0 Å². The molecule has 1 aromatic heterocycles. The molecule has 1 atom stereocenters. The Morgan fingerprint density at radius 3 is 2.64 bits per heavy atom. The summed E-state index contributed by atoms with van der Waals surface area (Å²) in [7, 11) is 0. The van der Waals surface area contributed by atoms with Gasteiger partial charge in [-0.1, -0.05) is 32.4 Å². The van der Waals surface area contributed by atoms with E-state index in [-0.39, 0.29) is 16.9 Å². The first kappa shape index (κ1) is 17.3. The number of aromatic nitrogens is 1. The van der Waals surface area contributed by atoms with Gasteiger partial charge in [-0.2, -0.15) is 0 Å². The largest absolute Gasteiger partial charge is 0.465 e. The summed E-state index contributed by atoms with van der Waals surface area (Å²) in [6, 6.07) is 1.77. The van der Waals surface area contributed by atoms with Crippen molar-refractivity contribution in [3.05, 3.63) is 21.9 Å². The number of hydrogen-bond acceptors (Lipinski definition) is 3. The lowest BCUT2D eigenvalue weighted by molar-refractivity contribution is 0.148. The number of carbonyl (C=O) groups is 1.